The van der Waals surface area contributed by atoms with E-state index in [0.717, 1.165) is 16.7 Å². The fraction of sp³-hybridized carbons (Fsp3) is 0.250. The highest BCUT2D eigenvalue weighted by Gasteiger charge is 2.34. The Hall–Kier alpha value is -1.36. The van der Waals surface area contributed by atoms with Gasteiger partial charge < -0.3 is 0 Å². The van der Waals surface area contributed by atoms with Crippen LogP contribution in [-0.2, 0) is 6.18 Å². The van der Waals surface area contributed by atoms with E-state index in [4.69, 9.17) is 0 Å². The number of aromatic nitrogens is 1. The number of alkyl halides is 3. The molecule has 0 aliphatic heterocycles. The van der Waals surface area contributed by atoms with Crippen molar-refractivity contribution < 1.29 is 13.2 Å². The summed E-state index contributed by atoms with van der Waals surface area (Å²) in [6.07, 6.45) is -4.36. The summed E-state index contributed by atoms with van der Waals surface area (Å²) in [6.45, 7) is 3.81. The predicted molar refractivity (Wildman–Crippen MR) is 62.0 cm³/mol. The summed E-state index contributed by atoms with van der Waals surface area (Å²) in [5.74, 6) is 0. The van der Waals surface area contributed by atoms with Gasteiger partial charge in [-0.25, -0.2) is 4.98 Å². The van der Waals surface area contributed by atoms with Crippen LogP contribution < -0.4 is 0 Å². The smallest absolute Gasteiger partial charge is 0.232 e. The zero-order valence-corrected chi connectivity index (χ0v) is 10.1. The maximum Gasteiger partial charge on any atom is 0.443 e. The van der Waals surface area contributed by atoms with Crippen LogP contribution in [0.4, 0.5) is 13.2 Å². The molecule has 1 heterocycles. The predicted octanol–water partition coefficient (Wildman–Crippen LogP) is 4.45. The fourth-order valence-corrected chi connectivity index (χ4v) is 2.32. The standard InChI is InChI=1S/C12H10F3NS/c1-7-3-4-9(8(2)5-7)10-6-17-11(16-10)12(13,14)15/h3-6H,1-2H3. The molecule has 1 nitrogen and oxygen atoms in total. The third-order valence-electron chi connectivity index (χ3n) is 2.40. The van der Waals surface area contributed by atoms with Crippen LogP contribution in [0.3, 0.4) is 0 Å². The number of benzene rings is 1. The Morgan fingerprint density at radius 2 is 1.88 bits per heavy atom. The lowest BCUT2D eigenvalue weighted by Gasteiger charge is -2.04. The minimum absolute atomic E-state index is 0.389. The molecule has 0 fully saturated rings. The molecule has 0 amide bonds. The molecule has 0 unspecified atom stereocenters. The van der Waals surface area contributed by atoms with Crippen molar-refractivity contribution in [1.29, 1.82) is 0 Å². The first-order valence-corrected chi connectivity index (χ1v) is 5.86. The number of rotatable bonds is 1. The van der Waals surface area contributed by atoms with Crippen molar-refractivity contribution in [3.05, 3.63) is 39.7 Å². The molecule has 0 atom stereocenters. The van der Waals surface area contributed by atoms with Gasteiger partial charge in [-0.1, -0.05) is 23.8 Å². The molecular weight excluding hydrogens is 247 g/mol. The number of hydrogen-bond acceptors (Lipinski definition) is 2. The van der Waals surface area contributed by atoms with Crippen LogP contribution in [0.5, 0.6) is 0 Å². The van der Waals surface area contributed by atoms with Crippen LogP contribution in [-0.4, -0.2) is 4.98 Å². The number of nitrogens with zero attached hydrogens (tertiary/aromatic N) is 1. The van der Waals surface area contributed by atoms with Crippen LogP contribution in [0.2, 0.25) is 0 Å². The van der Waals surface area contributed by atoms with Crippen molar-refractivity contribution in [1.82, 2.24) is 4.98 Å². The molecule has 0 spiro atoms. The molecule has 0 N–H and O–H groups in total. The van der Waals surface area contributed by atoms with Gasteiger partial charge in [-0.2, -0.15) is 13.2 Å². The highest BCUT2D eigenvalue weighted by molar-refractivity contribution is 7.10. The number of hydrogen-bond donors (Lipinski definition) is 0. The first-order chi connectivity index (χ1) is 7.88. The second-order valence-corrected chi connectivity index (χ2v) is 4.71. The monoisotopic (exact) mass is 257 g/mol. The topological polar surface area (TPSA) is 12.9 Å². The quantitative estimate of drug-likeness (QED) is 0.735. The molecule has 1 aromatic heterocycles. The van der Waals surface area contributed by atoms with Crippen LogP contribution in [0.25, 0.3) is 11.3 Å². The average Bonchev–Trinajstić information content (AvgIpc) is 2.65. The van der Waals surface area contributed by atoms with Crippen molar-refractivity contribution in [3.8, 4) is 11.3 Å². The Kier molecular flexibility index (Phi) is 2.95. The molecule has 0 radical (unpaired) electrons. The van der Waals surface area contributed by atoms with E-state index >= 15 is 0 Å². The van der Waals surface area contributed by atoms with E-state index in [9.17, 15) is 13.2 Å². The third kappa shape index (κ3) is 2.49. The zero-order valence-electron chi connectivity index (χ0n) is 9.30. The highest BCUT2D eigenvalue weighted by atomic mass is 32.1. The molecule has 0 bridgehead atoms. The van der Waals surface area contributed by atoms with Crippen LogP contribution >= 0.6 is 11.3 Å². The summed E-state index contributed by atoms with van der Waals surface area (Å²) in [7, 11) is 0. The van der Waals surface area contributed by atoms with Gasteiger partial charge in [-0.15, -0.1) is 11.3 Å². The van der Waals surface area contributed by atoms with Gasteiger partial charge in [-0.3, -0.25) is 0 Å². The molecular formula is C12H10F3NS. The molecule has 0 saturated heterocycles. The van der Waals surface area contributed by atoms with E-state index in [-0.39, 0.29) is 0 Å². The zero-order chi connectivity index (χ0) is 12.6. The van der Waals surface area contributed by atoms with Gasteiger partial charge in [0.15, 0.2) is 5.01 Å². The number of aryl methyl sites for hydroxylation is 2. The Morgan fingerprint density at radius 1 is 1.18 bits per heavy atom. The maximum atomic E-state index is 12.4. The van der Waals surface area contributed by atoms with E-state index < -0.39 is 11.2 Å². The number of halogens is 3. The number of thiazole rings is 1. The normalized spacial score (nSPS) is 11.8. The van der Waals surface area contributed by atoms with Gasteiger partial charge in [0.1, 0.15) is 0 Å². The summed E-state index contributed by atoms with van der Waals surface area (Å²) in [5, 5.41) is 0.646. The van der Waals surface area contributed by atoms with E-state index in [0.29, 0.717) is 17.0 Å². The Balaban J connectivity index is 2.44. The summed E-state index contributed by atoms with van der Waals surface area (Å²) < 4.78 is 37.3. The molecule has 90 valence electrons. The van der Waals surface area contributed by atoms with Crippen molar-refractivity contribution in [2.45, 2.75) is 20.0 Å². The van der Waals surface area contributed by atoms with Crippen molar-refractivity contribution in [2.24, 2.45) is 0 Å². The first-order valence-electron chi connectivity index (χ1n) is 4.98. The minimum Gasteiger partial charge on any atom is -0.232 e. The SMILES string of the molecule is Cc1ccc(-c2csc(C(F)(F)F)n2)c(C)c1. The maximum absolute atomic E-state index is 12.4. The molecule has 1 aromatic carbocycles. The first kappa shape index (κ1) is 12.1. The molecule has 0 saturated carbocycles. The van der Waals surface area contributed by atoms with E-state index in [1.165, 1.54) is 5.38 Å². The summed E-state index contributed by atoms with van der Waals surface area (Å²) >= 11 is 0.628. The van der Waals surface area contributed by atoms with Gasteiger partial charge in [0, 0.05) is 10.9 Å². The van der Waals surface area contributed by atoms with Gasteiger partial charge in [0.25, 0.3) is 0 Å². The molecule has 0 aliphatic rings. The Morgan fingerprint density at radius 3 is 2.41 bits per heavy atom. The molecule has 17 heavy (non-hydrogen) atoms. The molecule has 5 heteroatoms. The lowest BCUT2D eigenvalue weighted by Crippen LogP contribution is -2.03. The lowest BCUT2D eigenvalue weighted by atomic mass is 10.0. The molecule has 2 rings (SSSR count). The van der Waals surface area contributed by atoms with Crippen molar-refractivity contribution in [2.75, 3.05) is 0 Å². The van der Waals surface area contributed by atoms with Crippen molar-refractivity contribution >= 4 is 11.3 Å². The van der Waals surface area contributed by atoms with Crippen molar-refractivity contribution in [3.63, 3.8) is 0 Å². The second-order valence-electron chi connectivity index (χ2n) is 3.85. The van der Waals surface area contributed by atoms with Crippen LogP contribution in [0.15, 0.2) is 23.6 Å². The largest absolute Gasteiger partial charge is 0.443 e. The van der Waals surface area contributed by atoms with E-state index in [2.05, 4.69) is 4.98 Å². The van der Waals surface area contributed by atoms with Gasteiger partial charge >= 0.3 is 6.18 Å². The third-order valence-corrected chi connectivity index (χ3v) is 3.29. The second kappa shape index (κ2) is 4.14. The molecule has 0 aliphatic carbocycles. The lowest BCUT2D eigenvalue weighted by molar-refractivity contribution is -0.137. The minimum atomic E-state index is -4.36. The van der Waals surface area contributed by atoms with Crippen LogP contribution in [0.1, 0.15) is 16.1 Å². The van der Waals surface area contributed by atoms with Gasteiger partial charge in [-0.05, 0) is 19.4 Å². The van der Waals surface area contributed by atoms with E-state index in [1.807, 2.05) is 26.0 Å². The summed E-state index contributed by atoms with van der Waals surface area (Å²) in [5.41, 5.74) is 3.16. The summed E-state index contributed by atoms with van der Waals surface area (Å²) in [4.78, 5) is 3.64. The Labute approximate surface area is 101 Å². The molecule has 2 aromatic rings. The highest BCUT2D eigenvalue weighted by Crippen LogP contribution is 2.35. The van der Waals surface area contributed by atoms with Gasteiger partial charge in [0.05, 0.1) is 5.69 Å². The summed E-state index contributed by atoms with van der Waals surface area (Å²) in [6, 6.07) is 5.61. The van der Waals surface area contributed by atoms with E-state index in [1.54, 1.807) is 6.07 Å². The van der Waals surface area contributed by atoms with Crippen LogP contribution in [0, 0.1) is 13.8 Å². The fourth-order valence-electron chi connectivity index (χ4n) is 1.63. The Bertz CT molecular complexity index is 543. The average molecular weight is 257 g/mol. The van der Waals surface area contributed by atoms with Gasteiger partial charge in [0.2, 0.25) is 0 Å².